The van der Waals surface area contributed by atoms with Crippen LogP contribution >= 0.6 is 15.9 Å². The summed E-state index contributed by atoms with van der Waals surface area (Å²) in [6, 6.07) is 15.7. The number of hydrogen-bond donors (Lipinski definition) is 1. The van der Waals surface area contributed by atoms with Crippen LogP contribution in [0.1, 0.15) is 17.5 Å². The third kappa shape index (κ3) is 5.23. The molecule has 4 heteroatoms. The van der Waals surface area contributed by atoms with E-state index in [1.807, 2.05) is 48.5 Å². The maximum absolute atomic E-state index is 11.9. The molecule has 0 spiro atoms. The van der Waals surface area contributed by atoms with Crippen LogP contribution in [0.15, 0.2) is 53.0 Å². The van der Waals surface area contributed by atoms with E-state index in [9.17, 15) is 4.79 Å². The van der Waals surface area contributed by atoms with Crippen LogP contribution in [-0.4, -0.2) is 13.0 Å². The molecule has 0 aliphatic heterocycles. The van der Waals surface area contributed by atoms with Gasteiger partial charge in [0.25, 0.3) is 0 Å². The van der Waals surface area contributed by atoms with Crippen molar-refractivity contribution in [1.29, 1.82) is 0 Å². The molecule has 3 nitrogen and oxygen atoms in total. The van der Waals surface area contributed by atoms with Crippen LogP contribution < -0.4 is 10.1 Å². The molecule has 2 aromatic carbocycles. The highest BCUT2D eigenvalue weighted by Crippen LogP contribution is 2.14. The fourth-order valence-corrected chi connectivity index (χ4v) is 2.47. The van der Waals surface area contributed by atoms with Crippen LogP contribution in [0, 0.1) is 0 Å². The fraction of sp³-hybridized carbons (Fsp3) is 0.235. The molecule has 0 heterocycles. The Balaban J connectivity index is 1.79. The second-order valence-corrected chi connectivity index (χ2v) is 5.67. The van der Waals surface area contributed by atoms with Gasteiger partial charge in [-0.1, -0.05) is 40.2 Å². The van der Waals surface area contributed by atoms with E-state index in [2.05, 4.69) is 21.2 Å². The van der Waals surface area contributed by atoms with Crippen molar-refractivity contribution in [3.8, 4) is 5.75 Å². The zero-order valence-electron chi connectivity index (χ0n) is 11.9. The monoisotopic (exact) mass is 347 g/mol. The average Bonchev–Trinajstić information content (AvgIpc) is 2.51. The summed E-state index contributed by atoms with van der Waals surface area (Å²) >= 11 is 3.43. The largest absolute Gasteiger partial charge is 0.497 e. The lowest BCUT2D eigenvalue weighted by Crippen LogP contribution is -2.22. The molecule has 0 unspecified atom stereocenters. The minimum atomic E-state index is 0.0535. The molecule has 1 N–H and O–H groups in total. The predicted molar refractivity (Wildman–Crippen MR) is 87.3 cm³/mol. The lowest BCUT2D eigenvalue weighted by molar-refractivity contribution is -0.121. The number of nitrogens with one attached hydrogen (secondary N) is 1. The van der Waals surface area contributed by atoms with Crippen LogP contribution in [0.3, 0.4) is 0 Å². The van der Waals surface area contributed by atoms with E-state index in [0.29, 0.717) is 13.0 Å². The molecule has 21 heavy (non-hydrogen) atoms. The van der Waals surface area contributed by atoms with Gasteiger partial charge in [0.1, 0.15) is 5.75 Å². The average molecular weight is 348 g/mol. The molecule has 0 radical (unpaired) electrons. The normalized spacial score (nSPS) is 10.2. The second-order valence-electron chi connectivity index (χ2n) is 4.76. The molecule has 0 bridgehead atoms. The van der Waals surface area contributed by atoms with E-state index >= 15 is 0 Å². The standard InChI is InChI=1S/C17H18BrNO2/c1-21-16-7-3-5-14(11-16)12-19-17(20)9-8-13-4-2-6-15(18)10-13/h2-7,10-11H,8-9,12H2,1H3,(H,19,20). The molecule has 2 aromatic rings. The first-order chi connectivity index (χ1) is 10.2. The first kappa shape index (κ1) is 15.6. The van der Waals surface area contributed by atoms with Crippen molar-refractivity contribution < 1.29 is 9.53 Å². The van der Waals surface area contributed by atoms with Crippen molar-refractivity contribution in [1.82, 2.24) is 5.32 Å². The number of methoxy groups -OCH3 is 1. The highest BCUT2D eigenvalue weighted by molar-refractivity contribution is 9.10. The third-order valence-electron chi connectivity index (χ3n) is 3.15. The van der Waals surface area contributed by atoms with Gasteiger partial charge in [-0.3, -0.25) is 4.79 Å². The van der Waals surface area contributed by atoms with Gasteiger partial charge in [-0.2, -0.15) is 0 Å². The first-order valence-corrected chi connectivity index (χ1v) is 7.61. The first-order valence-electron chi connectivity index (χ1n) is 6.81. The van der Waals surface area contributed by atoms with Crippen LogP contribution in [0.4, 0.5) is 0 Å². The fourth-order valence-electron chi connectivity index (χ4n) is 2.02. The van der Waals surface area contributed by atoms with Crippen molar-refractivity contribution in [2.45, 2.75) is 19.4 Å². The maximum Gasteiger partial charge on any atom is 0.220 e. The Bertz CT molecular complexity index is 613. The molecule has 110 valence electrons. The molecule has 0 aliphatic carbocycles. The summed E-state index contributed by atoms with van der Waals surface area (Å²) in [5, 5.41) is 2.93. The predicted octanol–water partition coefficient (Wildman–Crippen LogP) is 3.71. The van der Waals surface area contributed by atoms with Gasteiger partial charge in [0.15, 0.2) is 0 Å². The summed E-state index contributed by atoms with van der Waals surface area (Å²) in [4.78, 5) is 11.9. The third-order valence-corrected chi connectivity index (χ3v) is 3.65. The molecule has 0 fully saturated rings. The second kappa shape index (κ2) is 7.84. The molecule has 0 atom stereocenters. The summed E-state index contributed by atoms with van der Waals surface area (Å²) < 4.78 is 6.20. The van der Waals surface area contributed by atoms with Gasteiger partial charge >= 0.3 is 0 Å². The summed E-state index contributed by atoms with van der Waals surface area (Å²) in [5.74, 6) is 0.855. The van der Waals surface area contributed by atoms with E-state index in [1.165, 1.54) is 0 Å². The van der Waals surface area contributed by atoms with Crippen molar-refractivity contribution in [3.63, 3.8) is 0 Å². The van der Waals surface area contributed by atoms with Gasteiger partial charge in [0, 0.05) is 17.4 Å². The molecule has 0 aromatic heterocycles. The summed E-state index contributed by atoms with van der Waals surface area (Å²) in [6.45, 7) is 0.522. The maximum atomic E-state index is 11.9. The van der Waals surface area contributed by atoms with Crippen molar-refractivity contribution in [3.05, 3.63) is 64.1 Å². The van der Waals surface area contributed by atoms with Crippen LogP contribution in [-0.2, 0) is 17.8 Å². The Morgan fingerprint density at radius 1 is 1.14 bits per heavy atom. The summed E-state index contributed by atoms with van der Waals surface area (Å²) in [7, 11) is 1.63. The van der Waals surface area contributed by atoms with Crippen molar-refractivity contribution in [2.24, 2.45) is 0 Å². The van der Waals surface area contributed by atoms with Gasteiger partial charge in [-0.15, -0.1) is 0 Å². The topological polar surface area (TPSA) is 38.3 Å². The molecule has 2 rings (SSSR count). The summed E-state index contributed by atoms with van der Waals surface area (Å²) in [5.41, 5.74) is 2.19. The Labute approximate surface area is 133 Å². The van der Waals surface area contributed by atoms with E-state index in [-0.39, 0.29) is 5.91 Å². The molecule has 1 amide bonds. The number of aryl methyl sites for hydroxylation is 1. The van der Waals surface area contributed by atoms with Crippen molar-refractivity contribution >= 4 is 21.8 Å². The van der Waals surface area contributed by atoms with Crippen molar-refractivity contribution in [2.75, 3.05) is 7.11 Å². The number of halogens is 1. The Morgan fingerprint density at radius 2 is 1.90 bits per heavy atom. The van der Waals surface area contributed by atoms with Crippen LogP contribution in [0.5, 0.6) is 5.75 Å². The van der Waals surface area contributed by atoms with E-state index < -0.39 is 0 Å². The number of carbonyl (C=O) groups excluding carboxylic acids is 1. The SMILES string of the molecule is COc1cccc(CNC(=O)CCc2cccc(Br)c2)c1. The van der Waals surface area contributed by atoms with E-state index in [0.717, 1.165) is 27.8 Å². The zero-order valence-corrected chi connectivity index (χ0v) is 13.5. The van der Waals surface area contributed by atoms with E-state index in [4.69, 9.17) is 4.74 Å². The van der Waals surface area contributed by atoms with Gasteiger partial charge in [0.2, 0.25) is 5.91 Å². The molecule has 0 saturated heterocycles. The zero-order chi connectivity index (χ0) is 15.1. The molecular weight excluding hydrogens is 330 g/mol. The lowest BCUT2D eigenvalue weighted by atomic mass is 10.1. The number of amides is 1. The minimum absolute atomic E-state index is 0.0535. The number of ether oxygens (including phenoxy) is 1. The van der Waals surface area contributed by atoms with Gasteiger partial charge in [0.05, 0.1) is 7.11 Å². The number of carbonyl (C=O) groups is 1. The number of benzene rings is 2. The van der Waals surface area contributed by atoms with Crippen LogP contribution in [0.2, 0.25) is 0 Å². The molecule has 0 aliphatic rings. The minimum Gasteiger partial charge on any atom is -0.497 e. The smallest absolute Gasteiger partial charge is 0.220 e. The molecule has 0 saturated carbocycles. The van der Waals surface area contributed by atoms with Crippen LogP contribution in [0.25, 0.3) is 0 Å². The Kier molecular flexibility index (Phi) is 5.81. The highest BCUT2D eigenvalue weighted by Gasteiger charge is 2.03. The Hall–Kier alpha value is -1.81. The molecular formula is C17H18BrNO2. The van der Waals surface area contributed by atoms with Gasteiger partial charge in [-0.25, -0.2) is 0 Å². The number of rotatable bonds is 6. The van der Waals surface area contributed by atoms with Gasteiger partial charge in [-0.05, 0) is 41.8 Å². The highest BCUT2D eigenvalue weighted by atomic mass is 79.9. The van der Waals surface area contributed by atoms with E-state index in [1.54, 1.807) is 7.11 Å². The Morgan fingerprint density at radius 3 is 2.67 bits per heavy atom. The quantitative estimate of drug-likeness (QED) is 0.864. The number of hydrogen-bond acceptors (Lipinski definition) is 2. The van der Waals surface area contributed by atoms with Gasteiger partial charge < -0.3 is 10.1 Å². The lowest BCUT2D eigenvalue weighted by Gasteiger charge is -2.07. The summed E-state index contributed by atoms with van der Waals surface area (Å²) in [6.07, 6.45) is 1.23.